The van der Waals surface area contributed by atoms with Crippen molar-refractivity contribution in [3.63, 3.8) is 0 Å². The highest BCUT2D eigenvalue weighted by atomic mass is 35.5. The zero-order valence-electron chi connectivity index (χ0n) is 16.9. The van der Waals surface area contributed by atoms with Crippen LogP contribution in [0.25, 0.3) is 0 Å². The Labute approximate surface area is 174 Å². The summed E-state index contributed by atoms with van der Waals surface area (Å²) in [5.74, 6) is 0.474. The Kier molecular flexibility index (Phi) is 10.2. The number of hydrogen-bond acceptors (Lipinski definition) is 5. The molecule has 1 amide bonds. The smallest absolute Gasteiger partial charge is 0.243 e. The van der Waals surface area contributed by atoms with Gasteiger partial charge in [-0.2, -0.15) is 4.31 Å². The van der Waals surface area contributed by atoms with Crippen LogP contribution in [-0.4, -0.2) is 51.4 Å². The molecule has 28 heavy (non-hydrogen) atoms. The standard InChI is InChI=1S/C19H31N3O4S.ClH/c1-4-12-22(16-8-10-20-11-9-16)27(24,25)17-6-7-18(26-3)15(13-17)14-21-19(23)5-2;/h6-7,13,16,20H,4-5,8-12,14H2,1-3H3,(H,21,23);1H. The first kappa shape index (κ1) is 24.7. The highest BCUT2D eigenvalue weighted by Gasteiger charge is 2.32. The predicted octanol–water partition coefficient (Wildman–Crippen LogP) is 2.30. The lowest BCUT2D eigenvalue weighted by molar-refractivity contribution is -0.120. The normalized spacial score (nSPS) is 15.1. The molecular formula is C19H32ClN3O4S. The van der Waals surface area contributed by atoms with Crippen LogP contribution in [0.4, 0.5) is 0 Å². The van der Waals surface area contributed by atoms with E-state index in [-0.39, 0.29) is 35.8 Å². The Morgan fingerprint density at radius 3 is 2.54 bits per heavy atom. The number of carbonyl (C=O) groups excluding carboxylic acids is 1. The van der Waals surface area contributed by atoms with E-state index < -0.39 is 10.0 Å². The summed E-state index contributed by atoms with van der Waals surface area (Å²) in [6.07, 6.45) is 2.77. The molecule has 0 aliphatic carbocycles. The van der Waals surface area contributed by atoms with Crippen molar-refractivity contribution in [2.24, 2.45) is 0 Å². The van der Waals surface area contributed by atoms with E-state index in [1.54, 1.807) is 29.4 Å². The van der Waals surface area contributed by atoms with Gasteiger partial charge in [0.15, 0.2) is 0 Å². The summed E-state index contributed by atoms with van der Waals surface area (Å²) in [7, 11) is -2.08. The molecule has 9 heteroatoms. The second-order valence-corrected chi connectivity index (χ2v) is 8.59. The van der Waals surface area contributed by atoms with Gasteiger partial charge in [0.2, 0.25) is 15.9 Å². The molecule has 1 aliphatic rings. The number of benzene rings is 1. The predicted molar refractivity (Wildman–Crippen MR) is 112 cm³/mol. The van der Waals surface area contributed by atoms with Crippen LogP contribution in [0.3, 0.4) is 0 Å². The second-order valence-electron chi connectivity index (χ2n) is 6.70. The summed E-state index contributed by atoms with van der Waals surface area (Å²) < 4.78 is 33.7. The number of amides is 1. The van der Waals surface area contributed by atoms with Crippen molar-refractivity contribution >= 4 is 28.3 Å². The largest absolute Gasteiger partial charge is 0.496 e. The zero-order chi connectivity index (χ0) is 19.9. The van der Waals surface area contributed by atoms with Crippen LogP contribution >= 0.6 is 12.4 Å². The van der Waals surface area contributed by atoms with Crippen molar-refractivity contribution in [3.8, 4) is 5.75 Å². The van der Waals surface area contributed by atoms with E-state index in [1.807, 2.05) is 6.92 Å². The Morgan fingerprint density at radius 2 is 1.96 bits per heavy atom. The molecule has 1 aromatic carbocycles. The van der Waals surface area contributed by atoms with Crippen molar-refractivity contribution in [1.29, 1.82) is 0 Å². The number of rotatable bonds is 9. The van der Waals surface area contributed by atoms with E-state index >= 15 is 0 Å². The average Bonchev–Trinajstić information content (AvgIpc) is 2.70. The number of nitrogens with one attached hydrogen (secondary N) is 2. The molecule has 1 saturated heterocycles. The molecule has 1 fully saturated rings. The van der Waals surface area contributed by atoms with E-state index in [0.29, 0.717) is 24.3 Å². The Morgan fingerprint density at radius 1 is 1.29 bits per heavy atom. The summed E-state index contributed by atoms with van der Waals surface area (Å²) in [6, 6.07) is 4.88. The van der Waals surface area contributed by atoms with Gasteiger partial charge in [-0.25, -0.2) is 8.42 Å². The van der Waals surface area contributed by atoms with Gasteiger partial charge in [0.25, 0.3) is 0 Å². The maximum absolute atomic E-state index is 13.3. The van der Waals surface area contributed by atoms with Crippen LogP contribution < -0.4 is 15.4 Å². The van der Waals surface area contributed by atoms with Crippen molar-refractivity contribution in [2.45, 2.75) is 57.0 Å². The maximum atomic E-state index is 13.3. The molecule has 160 valence electrons. The first-order valence-electron chi connectivity index (χ1n) is 9.60. The topological polar surface area (TPSA) is 87.7 Å². The van der Waals surface area contributed by atoms with Gasteiger partial charge in [0.1, 0.15) is 5.75 Å². The molecule has 0 bridgehead atoms. The van der Waals surface area contributed by atoms with Crippen LogP contribution in [0.15, 0.2) is 23.1 Å². The molecule has 0 atom stereocenters. The number of carbonyl (C=O) groups is 1. The van der Waals surface area contributed by atoms with E-state index in [1.165, 1.54) is 7.11 Å². The second kappa shape index (κ2) is 11.6. The van der Waals surface area contributed by atoms with Crippen LogP contribution in [0.2, 0.25) is 0 Å². The number of piperidine rings is 1. The third-order valence-electron chi connectivity index (χ3n) is 4.82. The molecule has 2 N–H and O–H groups in total. The van der Waals surface area contributed by atoms with Gasteiger partial charge >= 0.3 is 0 Å². The third-order valence-corrected chi connectivity index (χ3v) is 6.76. The lowest BCUT2D eigenvalue weighted by Crippen LogP contribution is -2.46. The van der Waals surface area contributed by atoms with Gasteiger partial charge < -0.3 is 15.4 Å². The molecule has 2 rings (SSSR count). The van der Waals surface area contributed by atoms with E-state index in [4.69, 9.17) is 4.74 Å². The van der Waals surface area contributed by atoms with Gasteiger partial charge in [-0.15, -0.1) is 12.4 Å². The Hall–Kier alpha value is -1.35. The number of ether oxygens (including phenoxy) is 1. The molecule has 0 saturated carbocycles. The zero-order valence-corrected chi connectivity index (χ0v) is 18.5. The fourth-order valence-corrected chi connectivity index (χ4v) is 5.15. The number of sulfonamides is 1. The SMILES string of the molecule is CCCN(C1CCNCC1)S(=O)(=O)c1ccc(OC)c(CNC(=O)CC)c1.Cl. The Balaban J connectivity index is 0.00000392. The minimum atomic E-state index is -3.62. The van der Waals surface area contributed by atoms with Crippen LogP contribution in [-0.2, 0) is 21.4 Å². The first-order valence-corrected chi connectivity index (χ1v) is 11.0. The fourth-order valence-electron chi connectivity index (χ4n) is 3.32. The molecule has 0 radical (unpaired) electrons. The van der Waals surface area contributed by atoms with Crippen LogP contribution in [0.1, 0.15) is 45.1 Å². The molecule has 1 aromatic rings. The maximum Gasteiger partial charge on any atom is 0.243 e. The van der Waals surface area contributed by atoms with Crippen molar-refractivity contribution in [2.75, 3.05) is 26.7 Å². The van der Waals surface area contributed by atoms with Crippen LogP contribution in [0.5, 0.6) is 5.75 Å². The third kappa shape index (κ3) is 6.07. The molecule has 7 nitrogen and oxygen atoms in total. The Bertz CT molecular complexity index is 737. The minimum absolute atomic E-state index is 0. The number of methoxy groups -OCH3 is 1. The number of halogens is 1. The van der Waals surface area contributed by atoms with Crippen molar-refractivity contribution in [3.05, 3.63) is 23.8 Å². The highest BCUT2D eigenvalue weighted by Crippen LogP contribution is 2.27. The van der Waals surface area contributed by atoms with Gasteiger partial charge in [-0.1, -0.05) is 13.8 Å². The van der Waals surface area contributed by atoms with Crippen molar-refractivity contribution < 1.29 is 17.9 Å². The minimum Gasteiger partial charge on any atom is -0.496 e. The van der Waals surface area contributed by atoms with E-state index in [0.717, 1.165) is 32.4 Å². The molecular weight excluding hydrogens is 402 g/mol. The van der Waals surface area contributed by atoms with Crippen molar-refractivity contribution in [1.82, 2.24) is 14.9 Å². The lowest BCUT2D eigenvalue weighted by Gasteiger charge is -2.33. The van der Waals surface area contributed by atoms with Gasteiger partial charge in [0, 0.05) is 31.1 Å². The first-order chi connectivity index (χ1) is 12.9. The summed E-state index contributed by atoms with van der Waals surface area (Å²) in [5, 5.41) is 6.07. The molecule has 1 aliphatic heterocycles. The monoisotopic (exact) mass is 433 g/mol. The van der Waals surface area contributed by atoms with Gasteiger partial charge in [-0.05, 0) is 50.6 Å². The molecule has 0 spiro atoms. The van der Waals surface area contributed by atoms with Gasteiger partial charge in [0.05, 0.1) is 12.0 Å². The number of hydrogen-bond donors (Lipinski definition) is 2. The molecule has 1 heterocycles. The van der Waals surface area contributed by atoms with E-state index in [2.05, 4.69) is 10.6 Å². The summed E-state index contributed by atoms with van der Waals surface area (Å²) in [4.78, 5) is 11.8. The summed E-state index contributed by atoms with van der Waals surface area (Å²) in [6.45, 7) is 6.16. The highest BCUT2D eigenvalue weighted by molar-refractivity contribution is 7.89. The lowest BCUT2D eigenvalue weighted by atomic mass is 10.1. The summed E-state index contributed by atoms with van der Waals surface area (Å²) in [5.41, 5.74) is 0.655. The molecule has 0 aromatic heterocycles. The van der Waals surface area contributed by atoms with E-state index in [9.17, 15) is 13.2 Å². The molecule has 0 unspecified atom stereocenters. The van der Waals surface area contributed by atoms with Crippen LogP contribution in [0, 0.1) is 0 Å². The summed E-state index contributed by atoms with van der Waals surface area (Å²) >= 11 is 0. The quantitative estimate of drug-likeness (QED) is 0.623. The van der Waals surface area contributed by atoms with Gasteiger partial charge in [-0.3, -0.25) is 4.79 Å². The number of nitrogens with zero attached hydrogens (tertiary/aromatic N) is 1. The average molecular weight is 434 g/mol. The fraction of sp³-hybridized carbons (Fsp3) is 0.632.